The smallest absolute Gasteiger partial charge is 0.229 e. The molecule has 5 heteroatoms. The maximum absolute atomic E-state index is 13.3. The van der Waals surface area contributed by atoms with E-state index >= 15 is 0 Å². The maximum Gasteiger partial charge on any atom is 0.229 e. The number of hydrogen-bond acceptors (Lipinski definition) is 3. The first-order valence-electron chi connectivity index (χ1n) is 7.02. The van der Waals surface area contributed by atoms with Crippen molar-refractivity contribution in [2.75, 3.05) is 31.2 Å². The monoisotopic (exact) mass is 282 g/mol. The van der Waals surface area contributed by atoms with Gasteiger partial charge in [-0.05, 0) is 37.6 Å². The Balaban J connectivity index is 2.65. The summed E-state index contributed by atoms with van der Waals surface area (Å²) in [7, 11) is 0. The molecule has 0 saturated carbocycles. The van der Waals surface area contributed by atoms with Gasteiger partial charge < -0.3 is 15.4 Å². The largest absolute Gasteiger partial charge is 0.381 e. The average molecular weight is 282 g/mol. The van der Waals surface area contributed by atoms with Gasteiger partial charge in [-0.2, -0.15) is 0 Å². The third-order valence-electron chi connectivity index (χ3n) is 2.82. The van der Waals surface area contributed by atoms with E-state index in [0.717, 1.165) is 6.42 Å². The van der Waals surface area contributed by atoms with Crippen molar-refractivity contribution in [2.45, 2.75) is 26.2 Å². The van der Waals surface area contributed by atoms with Crippen LogP contribution in [0.2, 0.25) is 0 Å². The molecule has 0 aliphatic rings. The summed E-state index contributed by atoms with van der Waals surface area (Å²) in [5.74, 6) is -0.421. The minimum Gasteiger partial charge on any atom is -0.381 e. The third-order valence-corrected chi connectivity index (χ3v) is 2.82. The Labute approximate surface area is 119 Å². The number of carbonyl (C=O) groups excluding carboxylic acids is 1. The van der Waals surface area contributed by atoms with E-state index < -0.39 is 0 Å². The number of amides is 1. The predicted octanol–water partition coefficient (Wildman–Crippen LogP) is 2.32. The number of rotatable bonds is 9. The van der Waals surface area contributed by atoms with Crippen LogP contribution in [0.3, 0.4) is 0 Å². The summed E-state index contributed by atoms with van der Waals surface area (Å²) in [5, 5.41) is 0. The molecule has 1 aromatic carbocycles. The van der Waals surface area contributed by atoms with Gasteiger partial charge in [-0.25, -0.2) is 4.39 Å². The molecule has 1 rings (SSSR count). The standard InChI is InChI=1S/C15H23FN2O2/c1-2-10-20-11-7-15(19)18(9-4-8-17)14-6-3-5-13(16)12-14/h3,5-6,12H,2,4,7-11,17H2,1H3. The van der Waals surface area contributed by atoms with Crippen LogP contribution in [-0.4, -0.2) is 32.2 Å². The molecule has 4 nitrogen and oxygen atoms in total. The molecule has 0 radical (unpaired) electrons. The molecule has 1 amide bonds. The number of ether oxygens (including phenoxy) is 1. The summed E-state index contributed by atoms with van der Waals surface area (Å²) in [6, 6.07) is 6.05. The van der Waals surface area contributed by atoms with Crippen LogP contribution in [0.5, 0.6) is 0 Å². The molecular weight excluding hydrogens is 259 g/mol. The quantitative estimate of drug-likeness (QED) is 0.707. The Morgan fingerprint density at radius 2 is 2.20 bits per heavy atom. The molecule has 112 valence electrons. The van der Waals surface area contributed by atoms with Crippen molar-refractivity contribution in [3.05, 3.63) is 30.1 Å². The molecule has 0 spiro atoms. The number of nitrogens with zero attached hydrogens (tertiary/aromatic N) is 1. The molecule has 1 aromatic rings. The highest BCUT2D eigenvalue weighted by Gasteiger charge is 2.15. The van der Waals surface area contributed by atoms with E-state index in [1.54, 1.807) is 17.0 Å². The van der Waals surface area contributed by atoms with Crippen LogP contribution < -0.4 is 10.6 Å². The second-order valence-corrected chi connectivity index (χ2v) is 4.53. The van der Waals surface area contributed by atoms with Crippen LogP contribution in [0.15, 0.2) is 24.3 Å². The molecule has 0 aliphatic carbocycles. The summed E-state index contributed by atoms with van der Waals surface area (Å²) in [4.78, 5) is 13.8. The first kappa shape index (κ1) is 16.6. The van der Waals surface area contributed by atoms with Crippen molar-refractivity contribution in [3.8, 4) is 0 Å². The van der Waals surface area contributed by atoms with Gasteiger partial charge in [0.25, 0.3) is 0 Å². The molecule has 0 unspecified atom stereocenters. The summed E-state index contributed by atoms with van der Waals surface area (Å²) >= 11 is 0. The highest BCUT2D eigenvalue weighted by Crippen LogP contribution is 2.17. The lowest BCUT2D eigenvalue weighted by Gasteiger charge is -2.22. The number of hydrogen-bond donors (Lipinski definition) is 1. The van der Waals surface area contributed by atoms with E-state index in [-0.39, 0.29) is 11.7 Å². The molecule has 0 bridgehead atoms. The first-order chi connectivity index (χ1) is 9.69. The number of benzene rings is 1. The van der Waals surface area contributed by atoms with Crippen LogP contribution in [0, 0.1) is 5.82 Å². The van der Waals surface area contributed by atoms with E-state index in [9.17, 15) is 9.18 Å². The van der Waals surface area contributed by atoms with Crippen LogP contribution in [0.1, 0.15) is 26.2 Å². The summed E-state index contributed by atoms with van der Waals surface area (Å²) in [5.41, 5.74) is 6.06. The van der Waals surface area contributed by atoms with Crippen molar-refractivity contribution in [3.63, 3.8) is 0 Å². The molecule has 0 aromatic heterocycles. The van der Waals surface area contributed by atoms with Crippen LogP contribution in [-0.2, 0) is 9.53 Å². The van der Waals surface area contributed by atoms with Gasteiger partial charge in [0.1, 0.15) is 5.82 Å². The lowest BCUT2D eigenvalue weighted by molar-refractivity contribution is -0.119. The summed E-state index contributed by atoms with van der Waals surface area (Å²) in [6.45, 7) is 4.04. The molecule has 0 heterocycles. The lowest BCUT2D eigenvalue weighted by Crippen LogP contribution is -2.33. The Morgan fingerprint density at radius 1 is 1.40 bits per heavy atom. The number of halogens is 1. The number of carbonyl (C=O) groups is 1. The minimum atomic E-state index is -0.352. The third kappa shape index (κ3) is 5.67. The van der Waals surface area contributed by atoms with E-state index in [0.29, 0.717) is 44.8 Å². The lowest BCUT2D eigenvalue weighted by atomic mass is 10.2. The van der Waals surface area contributed by atoms with E-state index in [4.69, 9.17) is 10.5 Å². The Bertz CT molecular complexity index is 413. The molecule has 0 aliphatic heterocycles. The molecule has 0 saturated heterocycles. The molecule has 0 fully saturated rings. The Kier molecular flexibility index (Phi) is 7.84. The van der Waals surface area contributed by atoms with E-state index in [1.165, 1.54) is 12.1 Å². The highest BCUT2D eigenvalue weighted by atomic mass is 19.1. The second kappa shape index (κ2) is 9.44. The van der Waals surface area contributed by atoms with Gasteiger partial charge in [-0.3, -0.25) is 4.79 Å². The van der Waals surface area contributed by atoms with Crippen molar-refractivity contribution in [1.29, 1.82) is 0 Å². The average Bonchev–Trinajstić information content (AvgIpc) is 2.44. The topological polar surface area (TPSA) is 55.6 Å². The van der Waals surface area contributed by atoms with Gasteiger partial charge in [0, 0.05) is 18.8 Å². The zero-order valence-electron chi connectivity index (χ0n) is 12.0. The van der Waals surface area contributed by atoms with Gasteiger partial charge in [0.05, 0.1) is 13.0 Å². The maximum atomic E-state index is 13.3. The number of anilines is 1. The zero-order chi connectivity index (χ0) is 14.8. The predicted molar refractivity (Wildman–Crippen MR) is 78.2 cm³/mol. The SMILES string of the molecule is CCCOCCC(=O)N(CCCN)c1cccc(F)c1. The van der Waals surface area contributed by atoms with E-state index in [1.807, 2.05) is 6.92 Å². The van der Waals surface area contributed by atoms with Crippen LogP contribution in [0.25, 0.3) is 0 Å². The van der Waals surface area contributed by atoms with Crippen molar-refractivity contribution in [1.82, 2.24) is 0 Å². The van der Waals surface area contributed by atoms with Gasteiger partial charge in [0.15, 0.2) is 0 Å². The molecular formula is C15H23FN2O2. The van der Waals surface area contributed by atoms with Crippen molar-refractivity contribution < 1.29 is 13.9 Å². The minimum absolute atomic E-state index is 0.0693. The fourth-order valence-electron chi connectivity index (χ4n) is 1.83. The van der Waals surface area contributed by atoms with Gasteiger partial charge in [-0.1, -0.05) is 13.0 Å². The van der Waals surface area contributed by atoms with Gasteiger partial charge in [-0.15, -0.1) is 0 Å². The fourth-order valence-corrected chi connectivity index (χ4v) is 1.83. The van der Waals surface area contributed by atoms with E-state index in [2.05, 4.69) is 0 Å². The normalized spacial score (nSPS) is 10.6. The highest BCUT2D eigenvalue weighted by molar-refractivity contribution is 5.93. The zero-order valence-corrected chi connectivity index (χ0v) is 12.0. The van der Waals surface area contributed by atoms with Crippen LogP contribution in [0.4, 0.5) is 10.1 Å². The van der Waals surface area contributed by atoms with Gasteiger partial charge in [0.2, 0.25) is 5.91 Å². The Hall–Kier alpha value is -1.46. The second-order valence-electron chi connectivity index (χ2n) is 4.53. The molecule has 0 atom stereocenters. The fraction of sp³-hybridized carbons (Fsp3) is 0.533. The first-order valence-corrected chi connectivity index (χ1v) is 7.02. The van der Waals surface area contributed by atoms with Crippen molar-refractivity contribution in [2.24, 2.45) is 5.73 Å². The summed E-state index contributed by atoms with van der Waals surface area (Å²) < 4.78 is 18.6. The number of nitrogens with two attached hydrogens (primary N) is 1. The molecule has 2 N–H and O–H groups in total. The van der Waals surface area contributed by atoms with Crippen molar-refractivity contribution >= 4 is 11.6 Å². The van der Waals surface area contributed by atoms with Gasteiger partial charge >= 0.3 is 0 Å². The molecule has 20 heavy (non-hydrogen) atoms. The Morgan fingerprint density at radius 3 is 2.85 bits per heavy atom. The summed E-state index contributed by atoms with van der Waals surface area (Å²) in [6.07, 6.45) is 1.90. The van der Waals surface area contributed by atoms with Crippen LogP contribution >= 0.6 is 0 Å².